The molecule has 1 amide bonds. The highest BCUT2D eigenvalue weighted by atomic mass is 16.6. The maximum absolute atomic E-state index is 12.4. The van der Waals surface area contributed by atoms with Crippen LogP contribution in [-0.4, -0.2) is 42.3 Å². The van der Waals surface area contributed by atoms with Gasteiger partial charge in [0.2, 0.25) is 0 Å². The van der Waals surface area contributed by atoms with Crippen molar-refractivity contribution >= 4 is 12.1 Å². The van der Waals surface area contributed by atoms with E-state index in [9.17, 15) is 9.59 Å². The minimum Gasteiger partial charge on any atom is -0.467 e. The minimum atomic E-state index is -0.558. The third-order valence-electron chi connectivity index (χ3n) is 5.06. The van der Waals surface area contributed by atoms with Gasteiger partial charge < -0.3 is 9.47 Å². The lowest BCUT2D eigenvalue weighted by Crippen LogP contribution is -2.52. The first-order valence-corrected chi connectivity index (χ1v) is 8.89. The molecule has 0 radical (unpaired) electrons. The number of rotatable bonds is 2. The lowest BCUT2D eigenvalue weighted by molar-refractivity contribution is -0.149. The van der Waals surface area contributed by atoms with Crippen molar-refractivity contribution in [2.75, 3.05) is 13.7 Å². The summed E-state index contributed by atoms with van der Waals surface area (Å²) in [4.78, 5) is 26.2. The van der Waals surface area contributed by atoms with Gasteiger partial charge in [-0.2, -0.15) is 0 Å². The van der Waals surface area contributed by atoms with Gasteiger partial charge in [-0.3, -0.25) is 4.90 Å². The molecule has 0 aromatic rings. The summed E-state index contributed by atoms with van der Waals surface area (Å²) < 4.78 is 10.4. The standard InChI is InChI=1S/C18H31NO4/c1-18(2,3)23-17(21)19-11-10-14(12-15(19)16(20)22-4)13-8-6-5-7-9-13/h13-15H,5-12H2,1-4H3/t14-,15+/m0/s1. The fraction of sp³-hybridized carbons (Fsp3) is 0.889. The molecule has 1 heterocycles. The molecule has 0 unspecified atom stereocenters. The van der Waals surface area contributed by atoms with Crippen LogP contribution in [0, 0.1) is 11.8 Å². The number of likely N-dealkylation sites (tertiary alicyclic amines) is 1. The summed E-state index contributed by atoms with van der Waals surface area (Å²) in [7, 11) is 1.39. The summed E-state index contributed by atoms with van der Waals surface area (Å²) in [5.41, 5.74) is -0.558. The number of esters is 1. The number of carbonyl (C=O) groups excluding carboxylic acids is 2. The summed E-state index contributed by atoms with van der Waals surface area (Å²) in [5.74, 6) is 0.881. The fourth-order valence-electron chi connectivity index (χ4n) is 3.92. The van der Waals surface area contributed by atoms with Gasteiger partial charge in [0.15, 0.2) is 0 Å². The van der Waals surface area contributed by atoms with Crippen molar-refractivity contribution in [3.63, 3.8) is 0 Å². The predicted octanol–water partition coefficient (Wildman–Crippen LogP) is 3.76. The minimum absolute atomic E-state index is 0.323. The van der Waals surface area contributed by atoms with Crippen LogP contribution in [0.5, 0.6) is 0 Å². The molecule has 0 N–H and O–H groups in total. The fourth-order valence-corrected chi connectivity index (χ4v) is 3.92. The van der Waals surface area contributed by atoms with E-state index >= 15 is 0 Å². The van der Waals surface area contributed by atoms with E-state index in [1.54, 1.807) is 4.90 Å². The number of ether oxygens (including phenoxy) is 2. The molecule has 1 aliphatic carbocycles. The molecule has 1 saturated carbocycles. The Balaban J connectivity index is 2.05. The first-order chi connectivity index (χ1) is 10.8. The zero-order chi connectivity index (χ0) is 17.0. The Labute approximate surface area is 139 Å². The van der Waals surface area contributed by atoms with Gasteiger partial charge in [-0.25, -0.2) is 9.59 Å². The zero-order valence-corrected chi connectivity index (χ0v) is 15.0. The summed E-state index contributed by atoms with van der Waals surface area (Å²) in [6.45, 7) is 6.10. The van der Waals surface area contributed by atoms with Crippen LogP contribution < -0.4 is 0 Å². The van der Waals surface area contributed by atoms with E-state index in [2.05, 4.69) is 0 Å². The van der Waals surface area contributed by atoms with Gasteiger partial charge >= 0.3 is 12.1 Å². The third-order valence-corrected chi connectivity index (χ3v) is 5.06. The molecule has 2 aliphatic rings. The smallest absolute Gasteiger partial charge is 0.411 e. The van der Waals surface area contributed by atoms with Crippen LogP contribution in [-0.2, 0) is 14.3 Å². The lowest BCUT2D eigenvalue weighted by Gasteiger charge is -2.41. The third kappa shape index (κ3) is 4.85. The Morgan fingerprint density at radius 1 is 1.00 bits per heavy atom. The highest BCUT2D eigenvalue weighted by molar-refractivity contribution is 5.81. The first kappa shape index (κ1) is 18.1. The molecule has 1 saturated heterocycles. The van der Waals surface area contributed by atoms with Crippen LogP contribution in [0.15, 0.2) is 0 Å². The van der Waals surface area contributed by atoms with Crippen LogP contribution in [0.25, 0.3) is 0 Å². The molecule has 132 valence electrons. The molecule has 0 bridgehead atoms. The summed E-state index contributed by atoms with van der Waals surface area (Å²) >= 11 is 0. The molecule has 0 aromatic carbocycles. The number of carbonyl (C=O) groups is 2. The molecule has 2 fully saturated rings. The second-order valence-electron chi connectivity index (χ2n) is 7.90. The summed E-state index contributed by atoms with van der Waals surface area (Å²) in [6, 6.07) is -0.504. The molecule has 23 heavy (non-hydrogen) atoms. The van der Waals surface area contributed by atoms with Gasteiger partial charge in [-0.15, -0.1) is 0 Å². The van der Waals surface area contributed by atoms with Crippen LogP contribution in [0.4, 0.5) is 4.79 Å². The van der Waals surface area contributed by atoms with Gasteiger partial charge in [0.1, 0.15) is 11.6 Å². The Kier molecular flexibility index (Phi) is 5.93. The Morgan fingerprint density at radius 3 is 2.22 bits per heavy atom. The van der Waals surface area contributed by atoms with E-state index in [4.69, 9.17) is 9.47 Å². The Morgan fingerprint density at radius 2 is 1.65 bits per heavy atom. The number of amides is 1. The molecule has 2 rings (SSSR count). The monoisotopic (exact) mass is 325 g/mol. The summed E-state index contributed by atoms with van der Waals surface area (Å²) in [6.07, 6.45) is 7.67. The highest BCUT2D eigenvalue weighted by Crippen LogP contribution is 2.38. The van der Waals surface area contributed by atoms with E-state index in [1.165, 1.54) is 39.2 Å². The molecule has 0 spiro atoms. The second kappa shape index (κ2) is 7.54. The maximum atomic E-state index is 12.4. The predicted molar refractivity (Wildman–Crippen MR) is 88.0 cm³/mol. The molecule has 0 aromatic heterocycles. The molecule has 2 atom stereocenters. The van der Waals surface area contributed by atoms with Crippen LogP contribution >= 0.6 is 0 Å². The van der Waals surface area contributed by atoms with E-state index in [0.29, 0.717) is 24.8 Å². The number of piperidine rings is 1. The van der Waals surface area contributed by atoms with Crippen molar-refractivity contribution < 1.29 is 19.1 Å². The number of hydrogen-bond donors (Lipinski definition) is 0. The van der Waals surface area contributed by atoms with Crippen molar-refractivity contribution in [1.29, 1.82) is 0 Å². The quantitative estimate of drug-likeness (QED) is 0.726. The van der Waals surface area contributed by atoms with E-state index < -0.39 is 17.7 Å². The highest BCUT2D eigenvalue weighted by Gasteiger charge is 2.41. The van der Waals surface area contributed by atoms with E-state index in [0.717, 1.165) is 6.42 Å². The van der Waals surface area contributed by atoms with Crippen molar-refractivity contribution in [2.24, 2.45) is 11.8 Å². The number of methoxy groups -OCH3 is 1. The molecular weight excluding hydrogens is 294 g/mol. The molecule has 1 aliphatic heterocycles. The number of nitrogens with zero attached hydrogens (tertiary/aromatic N) is 1. The average molecular weight is 325 g/mol. The van der Waals surface area contributed by atoms with Crippen LogP contribution in [0.1, 0.15) is 65.7 Å². The van der Waals surface area contributed by atoms with Gasteiger partial charge in [-0.1, -0.05) is 32.1 Å². The molecular formula is C18H31NO4. The van der Waals surface area contributed by atoms with Gasteiger partial charge in [0, 0.05) is 6.54 Å². The molecule has 5 heteroatoms. The lowest BCUT2D eigenvalue weighted by atomic mass is 9.74. The van der Waals surface area contributed by atoms with Gasteiger partial charge in [0.25, 0.3) is 0 Å². The Hall–Kier alpha value is -1.26. The van der Waals surface area contributed by atoms with Crippen LogP contribution in [0.2, 0.25) is 0 Å². The van der Waals surface area contributed by atoms with Crippen molar-refractivity contribution in [3.05, 3.63) is 0 Å². The van der Waals surface area contributed by atoms with Crippen LogP contribution in [0.3, 0.4) is 0 Å². The normalized spacial score (nSPS) is 26.7. The first-order valence-electron chi connectivity index (χ1n) is 8.89. The van der Waals surface area contributed by atoms with Crippen molar-refractivity contribution in [3.8, 4) is 0 Å². The average Bonchev–Trinajstić information content (AvgIpc) is 2.52. The van der Waals surface area contributed by atoms with E-state index in [-0.39, 0.29) is 5.97 Å². The zero-order valence-electron chi connectivity index (χ0n) is 15.0. The topological polar surface area (TPSA) is 55.8 Å². The van der Waals surface area contributed by atoms with Gasteiger partial charge in [-0.05, 0) is 45.4 Å². The Bertz CT molecular complexity index is 423. The van der Waals surface area contributed by atoms with E-state index in [1.807, 2.05) is 20.8 Å². The second-order valence-corrected chi connectivity index (χ2v) is 7.90. The molecule has 5 nitrogen and oxygen atoms in total. The van der Waals surface area contributed by atoms with Gasteiger partial charge in [0.05, 0.1) is 7.11 Å². The summed E-state index contributed by atoms with van der Waals surface area (Å²) in [5, 5.41) is 0. The largest absolute Gasteiger partial charge is 0.467 e. The maximum Gasteiger partial charge on any atom is 0.411 e. The number of hydrogen-bond acceptors (Lipinski definition) is 4. The van der Waals surface area contributed by atoms with Crippen molar-refractivity contribution in [1.82, 2.24) is 4.90 Å². The van der Waals surface area contributed by atoms with Crippen molar-refractivity contribution in [2.45, 2.75) is 77.4 Å². The SMILES string of the molecule is COC(=O)[C@H]1C[C@@H](C2CCCCC2)CCN1C(=O)OC(C)(C)C.